The fourth-order valence-corrected chi connectivity index (χ4v) is 3.74. The highest BCUT2D eigenvalue weighted by Gasteiger charge is 2.36. The molecule has 3 aromatic rings. The van der Waals surface area contributed by atoms with E-state index in [1.807, 2.05) is 42.5 Å². The number of nitrogens with one attached hydrogen (secondary N) is 1. The largest absolute Gasteiger partial charge is 0.495 e. The van der Waals surface area contributed by atoms with E-state index in [2.05, 4.69) is 5.32 Å². The Labute approximate surface area is 167 Å². The highest BCUT2D eigenvalue weighted by molar-refractivity contribution is 6.31. The van der Waals surface area contributed by atoms with Crippen LogP contribution in [0.5, 0.6) is 5.75 Å². The number of halogens is 1. The second-order valence-corrected chi connectivity index (χ2v) is 7.17. The molecule has 1 aliphatic rings. The number of methoxy groups -OCH3 is 1. The summed E-state index contributed by atoms with van der Waals surface area (Å²) in [7, 11) is 1.53. The second-order valence-electron chi connectivity index (χ2n) is 6.74. The number of hydrogen-bond acceptors (Lipinski definition) is 3. The Morgan fingerprint density at radius 2 is 1.93 bits per heavy atom. The third-order valence-electron chi connectivity index (χ3n) is 4.97. The third-order valence-corrected chi connectivity index (χ3v) is 5.21. The first-order chi connectivity index (χ1) is 13.6. The quantitative estimate of drug-likeness (QED) is 0.709. The normalized spacial score (nSPS) is 16.4. The monoisotopic (exact) mass is 394 g/mol. The number of benzene rings is 3. The van der Waals surface area contributed by atoms with E-state index in [0.717, 1.165) is 16.5 Å². The van der Waals surface area contributed by atoms with Crippen LogP contribution in [0.4, 0.5) is 11.4 Å². The van der Waals surface area contributed by atoms with Gasteiger partial charge in [0.15, 0.2) is 0 Å². The summed E-state index contributed by atoms with van der Waals surface area (Å²) in [5, 5.41) is 5.40. The van der Waals surface area contributed by atoms with E-state index in [9.17, 15) is 9.59 Å². The van der Waals surface area contributed by atoms with E-state index in [1.165, 1.54) is 7.11 Å². The van der Waals surface area contributed by atoms with Gasteiger partial charge in [-0.25, -0.2) is 0 Å². The Balaban J connectivity index is 1.56. The molecule has 3 aromatic carbocycles. The molecule has 0 aliphatic carbocycles. The number of rotatable bonds is 4. The van der Waals surface area contributed by atoms with Crippen LogP contribution in [0.3, 0.4) is 0 Å². The zero-order valence-electron chi connectivity index (χ0n) is 15.3. The first-order valence-electron chi connectivity index (χ1n) is 8.99. The van der Waals surface area contributed by atoms with E-state index in [4.69, 9.17) is 16.3 Å². The lowest BCUT2D eigenvalue weighted by molar-refractivity contribution is -0.122. The van der Waals surface area contributed by atoms with Crippen LogP contribution in [0.2, 0.25) is 5.02 Å². The predicted molar refractivity (Wildman–Crippen MR) is 111 cm³/mol. The number of anilines is 2. The highest BCUT2D eigenvalue weighted by Crippen LogP contribution is 2.33. The summed E-state index contributed by atoms with van der Waals surface area (Å²) in [6, 6.07) is 18.8. The van der Waals surface area contributed by atoms with Crippen LogP contribution in [0.1, 0.15) is 6.42 Å². The first-order valence-corrected chi connectivity index (χ1v) is 9.37. The van der Waals surface area contributed by atoms with Crippen molar-refractivity contribution in [3.63, 3.8) is 0 Å². The lowest BCUT2D eigenvalue weighted by atomic mass is 10.1. The van der Waals surface area contributed by atoms with Gasteiger partial charge in [0.1, 0.15) is 5.75 Å². The zero-order chi connectivity index (χ0) is 19.7. The minimum absolute atomic E-state index is 0.0606. The van der Waals surface area contributed by atoms with Gasteiger partial charge in [-0.3, -0.25) is 9.59 Å². The molecule has 4 rings (SSSR count). The zero-order valence-corrected chi connectivity index (χ0v) is 16.1. The average molecular weight is 395 g/mol. The molecular weight excluding hydrogens is 376 g/mol. The fourth-order valence-electron chi connectivity index (χ4n) is 3.57. The van der Waals surface area contributed by atoms with E-state index < -0.39 is 5.92 Å². The number of ether oxygens (including phenoxy) is 1. The van der Waals surface area contributed by atoms with Crippen LogP contribution in [0.15, 0.2) is 60.7 Å². The molecule has 142 valence electrons. The molecule has 0 spiro atoms. The van der Waals surface area contributed by atoms with E-state index in [0.29, 0.717) is 23.0 Å². The number of hydrogen-bond donors (Lipinski definition) is 1. The molecule has 0 saturated carbocycles. The molecule has 1 saturated heterocycles. The summed E-state index contributed by atoms with van der Waals surface area (Å²) in [5.74, 6) is -0.214. The van der Waals surface area contributed by atoms with Gasteiger partial charge in [0.25, 0.3) is 0 Å². The van der Waals surface area contributed by atoms with Crippen molar-refractivity contribution in [1.29, 1.82) is 0 Å². The van der Waals surface area contributed by atoms with Crippen LogP contribution in [0.25, 0.3) is 10.8 Å². The summed E-state index contributed by atoms with van der Waals surface area (Å²) in [5.41, 5.74) is 1.33. The van der Waals surface area contributed by atoms with Crippen molar-refractivity contribution in [2.75, 3.05) is 23.9 Å². The molecule has 1 unspecified atom stereocenters. The van der Waals surface area contributed by atoms with Crippen molar-refractivity contribution in [3.8, 4) is 5.75 Å². The smallest absolute Gasteiger partial charge is 0.229 e. The maximum absolute atomic E-state index is 12.8. The molecule has 0 radical (unpaired) electrons. The molecule has 6 heteroatoms. The summed E-state index contributed by atoms with van der Waals surface area (Å²) in [6.45, 7) is 0.335. The van der Waals surface area contributed by atoms with Gasteiger partial charge in [-0.1, -0.05) is 48.0 Å². The van der Waals surface area contributed by atoms with E-state index in [1.54, 1.807) is 23.1 Å². The lowest BCUT2D eigenvalue weighted by Gasteiger charge is -2.19. The number of nitrogens with zero attached hydrogens (tertiary/aromatic N) is 1. The molecule has 2 amide bonds. The van der Waals surface area contributed by atoms with Crippen molar-refractivity contribution in [2.24, 2.45) is 5.92 Å². The van der Waals surface area contributed by atoms with Crippen LogP contribution in [-0.4, -0.2) is 25.5 Å². The van der Waals surface area contributed by atoms with Crippen LogP contribution >= 0.6 is 11.6 Å². The van der Waals surface area contributed by atoms with Gasteiger partial charge < -0.3 is 15.0 Å². The van der Waals surface area contributed by atoms with Gasteiger partial charge in [0.05, 0.1) is 24.4 Å². The Bertz CT molecular complexity index is 1060. The van der Waals surface area contributed by atoms with Gasteiger partial charge in [0, 0.05) is 23.4 Å². The number of carbonyl (C=O) groups excluding carboxylic acids is 2. The lowest BCUT2D eigenvalue weighted by Crippen LogP contribution is -2.28. The topological polar surface area (TPSA) is 58.6 Å². The summed E-state index contributed by atoms with van der Waals surface area (Å²) in [4.78, 5) is 27.2. The minimum atomic E-state index is -0.449. The minimum Gasteiger partial charge on any atom is -0.495 e. The third kappa shape index (κ3) is 3.41. The fraction of sp³-hybridized carbons (Fsp3) is 0.182. The van der Waals surface area contributed by atoms with Gasteiger partial charge in [-0.05, 0) is 29.7 Å². The Kier molecular flexibility index (Phi) is 4.92. The Morgan fingerprint density at radius 1 is 1.14 bits per heavy atom. The van der Waals surface area contributed by atoms with E-state index in [-0.39, 0.29) is 18.2 Å². The van der Waals surface area contributed by atoms with Crippen LogP contribution in [0, 0.1) is 5.92 Å². The van der Waals surface area contributed by atoms with Gasteiger partial charge in [0.2, 0.25) is 11.8 Å². The Morgan fingerprint density at radius 3 is 2.75 bits per heavy atom. The molecule has 1 heterocycles. The SMILES string of the molecule is COc1ccc(Cl)cc1NC(=O)C1CC(=O)N(c2cccc3ccccc23)C1. The van der Waals surface area contributed by atoms with Crippen molar-refractivity contribution < 1.29 is 14.3 Å². The molecule has 1 fully saturated rings. The van der Waals surface area contributed by atoms with Crippen LogP contribution < -0.4 is 15.0 Å². The van der Waals surface area contributed by atoms with Crippen molar-refractivity contribution >= 4 is 45.6 Å². The van der Waals surface area contributed by atoms with Gasteiger partial charge in [-0.2, -0.15) is 0 Å². The molecular formula is C22H19ClN2O3. The summed E-state index contributed by atoms with van der Waals surface area (Å²) < 4.78 is 5.27. The van der Waals surface area contributed by atoms with Crippen molar-refractivity contribution in [2.45, 2.75) is 6.42 Å². The van der Waals surface area contributed by atoms with E-state index >= 15 is 0 Å². The summed E-state index contributed by atoms with van der Waals surface area (Å²) in [6.07, 6.45) is 0.165. The summed E-state index contributed by atoms with van der Waals surface area (Å²) >= 11 is 6.03. The number of amides is 2. The maximum atomic E-state index is 12.8. The second kappa shape index (κ2) is 7.52. The Hall–Kier alpha value is -3.05. The number of fused-ring (bicyclic) bond motifs is 1. The highest BCUT2D eigenvalue weighted by atomic mass is 35.5. The van der Waals surface area contributed by atoms with Gasteiger partial charge >= 0.3 is 0 Å². The molecule has 1 N–H and O–H groups in total. The first kappa shape index (κ1) is 18.3. The van der Waals surface area contributed by atoms with Crippen molar-refractivity contribution in [3.05, 3.63) is 65.7 Å². The average Bonchev–Trinajstić information content (AvgIpc) is 3.09. The standard InChI is InChI=1S/C22H19ClN2O3/c1-28-20-10-9-16(23)12-18(20)24-22(27)15-11-21(26)25(13-15)19-8-4-6-14-5-2-3-7-17(14)19/h2-10,12,15H,11,13H2,1H3,(H,24,27). The predicted octanol–water partition coefficient (Wildman–Crippen LogP) is 4.49. The van der Waals surface area contributed by atoms with Gasteiger partial charge in [-0.15, -0.1) is 0 Å². The van der Waals surface area contributed by atoms with Crippen molar-refractivity contribution in [1.82, 2.24) is 0 Å². The molecule has 1 aliphatic heterocycles. The number of carbonyl (C=O) groups is 2. The molecule has 0 aromatic heterocycles. The maximum Gasteiger partial charge on any atom is 0.229 e. The molecule has 28 heavy (non-hydrogen) atoms. The molecule has 5 nitrogen and oxygen atoms in total. The molecule has 1 atom stereocenters. The van der Waals surface area contributed by atoms with Crippen LogP contribution in [-0.2, 0) is 9.59 Å². The molecule has 0 bridgehead atoms.